The monoisotopic (exact) mass is 297 g/mol. The van der Waals surface area contributed by atoms with Gasteiger partial charge >= 0.3 is 0 Å². The van der Waals surface area contributed by atoms with E-state index in [1.54, 1.807) is 6.07 Å². The van der Waals surface area contributed by atoms with Crippen molar-refractivity contribution in [1.82, 2.24) is 14.5 Å². The van der Waals surface area contributed by atoms with Gasteiger partial charge in [-0.15, -0.1) is 0 Å². The molecule has 2 heterocycles. The van der Waals surface area contributed by atoms with E-state index in [1.165, 1.54) is 12.1 Å². The summed E-state index contributed by atoms with van der Waals surface area (Å²) in [5.74, 6) is -0.244. The summed E-state index contributed by atoms with van der Waals surface area (Å²) in [6.45, 7) is 1.78. The Balaban J connectivity index is 2.22. The van der Waals surface area contributed by atoms with Crippen LogP contribution >= 0.6 is 0 Å². The lowest BCUT2D eigenvalue weighted by Crippen LogP contribution is -2.27. The van der Waals surface area contributed by atoms with Gasteiger partial charge in [0, 0.05) is 17.4 Å². The molecular formula is C13H16FN3O2S. The molecule has 0 spiro atoms. The van der Waals surface area contributed by atoms with Gasteiger partial charge in [-0.1, -0.05) is 0 Å². The van der Waals surface area contributed by atoms with Crippen LogP contribution in [0.1, 0.15) is 24.5 Å². The van der Waals surface area contributed by atoms with Crippen LogP contribution in [0.4, 0.5) is 4.39 Å². The first kappa shape index (κ1) is 13.5. The van der Waals surface area contributed by atoms with Crippen molar-refractivity contribution < 1.29 is 12.8 Å². The fraction of sp³-hybridized carbons (Fsp3) is 0.462. The Hall–Kier alpha value is -1.47. The van der Waals surface area contributed by atoms with Crippen LogP contribution in [-0.4, -0.2) is 36.9 Å². The zero-order valence-electron chi connectivity index (χ0n) is 11.1. The minimum atomic E-state index is -3.54. The summed E-state index contributed by atoms with van der Waals surface area (Å²) in [6.07, 6.45) is 2.90. The Morgan fingerprint density at radius 2 is 2.05 bits per heavy atom. The highest BCUT2D eigenvalue weighted by Crippen LogP contribution is 2.31. The molecule has 0 bridgehead atoms. The summed E-state index contributed by atoms with van der Waals surface area (Å²) >= 11 is 0. The number of halogens is 1. The molecule has 1 fully saturated rings. The van der Waals surface area contributed by atoms with Gasteiger partial charge in [-0.2, -0.15) is 9.19 Å². The summed E-state index contributed by atoms with van der Waals surface area (Å²) < 4.78 is 38.0. The Kier molecular flexibility index (Phi) is 3.25. The third kappa shape index (κ3) is 2.31. The van der Waals surface area contributed by atoms with E-state index in [1.807, 2.05) is 0 Å². The fourth-order valence-electron chi connectivity index (χ4n) is 2.73. The lowest BCUT2D eigenvalue weighted by molar-refractivity contribution is 0.453. The molecule has 1 N–H and O–H groups in total. The van der Waals surface area contributed by atoms with Crippen molar-refractivity contribution in [1.29, 1.82) is 0 Å². The van der Waals surface area contributed by atoms with E-state index in [0.717, 1.165) is 47.4 Å². The highest BCUT2D eigenvalue weighted by molar-refractivity contribution is 7.89. The molecular weight excluding hydrogens is 281 g/mol. The van der Waals surface area contributed by atoms with Crippen molar-refractivity contribution in [2.24, 2.45) is 0 Å². The van der Waals surface area contributed by atoms with Crippen LogP contribution in [0, 0.1) is 5.82 Å². The number of nitrogens with zero attached hydrogens (tertiary/aromatic N) is 2. The van der Waals surface area contributed by atoms with Gasteiger partial charge in [0.1, 0.15) is 5.82 Å². The second kappa shape index (κ2) is 4.82. The predicted molar refractivity (Wildman–Crippen MR) is 74.8 cm³/mol. The predicted octanol–water partition coefficient (Wildman–Crippen LogP) is 1.45. The van der Waals surface area contributed by atoms with Crippen molar-refractivity contribution in [2.75, 3.05) is 19.3 Å². The van der Waals surface area contributed by atoms with Gasteiger partial charge in [0.2, 0.25) is 0 Å². The van der Waals surface area contributed by atoms with E-state index in [4.69, 9.17) is 0 Å². The Labute approximate surface area is 116 Å². The molecule has 3 rings (SSSR count). The molecule has 0 saturated carbocycles. The maximum absolute atomic E-state index is 13.4. The second-order valence-electron chi connectivity index (χ2n) is 5.18. The molecule has 0 aliphatic carbocycles. The number of hydrogen-bond donors (Lipinski definition) is 1. The molecule has 0 unspecified atom stereocenters. The lowest BCUT2D eigenvalue weighted by atomic mass is 9.93. The van der Waals surface area contributed by atoms with Gasteiger partial charge < -0.3 is 5.32 Å². The molecule has 0 amide bonds. The summed E-state index contributed by atoms with van der Waals surface area (Å²) in [5.41, 5.74) is 1.08. The van der Waals surface area contributed by atoms with Crippen LogP contribution in [0.25, 0.3) is 10.9 Å². The van der Waals surface area contributed by atoms with Crippen molar-refractivity contribution >= 4 is 20.9 Å². The van der Waals surface area contributed by atoms with Gasteiger partial charge in [-0.05, 0) is 38.1 Å². The van der Waals surface area contributed by atoms with Gasteiger partial charge in [0.25, 0.3) is 10.0 Å². The second-order valence-corrected chi connectivity index (χ2v) is 6.99. The largest absolute Gasteiger partial charge is 0.317 e. The first-order chi connectivity index (χ1) is 9.47. The van der Waals surface area contributed by atoms with Crippen molar-refractivity contribution in [3.05, 3.63) is 29.7 Å². The molecule has 1 aliphatic rings. The van der Waals surface area contributed by atoms with Crippen LogP contribution in [0.5, 0.6) is 0 Å². The standard InChI is InChI=1S/C13H16FN3O2S/c1-20(18,19)17-12-8-10(14)2-3-11(12)13(16-17)9-4-6-15-7-5-9/h2-3,8-9,15H,4-7H2,1H3. The number of fused-ring (bicyclic) bond motifs is 1. The number of rotatable bonds is 2. The minimum absolute atomic E-state index is 0.215. The fourth-order valence-corrected chi connectivity index (χ4v) is 3.48. The van der Waals surface area contributed by atoms with Crippen LogP contribution in [0.2, 0.25) is 0 Å². The molecule has 1 aromatic carbocycles. The topological polar surface area (TPSA) is 64.0 Å². The molecule has 7 heteroatoms. The Morgan fingerprint density at radius 1 is 1.35 bits per heavy atom. The van der Waals surface area contributed by atoms with Crippen molar-refractivity contribution in [2.45, 2.75) is 18.8 Å². The van der Waals surface area contributed by atoms with Crippen LogP contribution in [-0.2, 0) is 10.0 Å². The molecule has 1 aliphatic heterocycles. The van der Waals surface area contributed by atoms with E-state index >= 15 is 0 Å². The molecule has 0 atom stereocenters. The number of aromatic nitrogens is 2. The van der Waals surface area contributed by atoms with Crippen LogP contribution in [0.15, 0.2) is 18.2 Å². The first-order valence-electron chi connectivity index (χ1n) is 6.56. The number of nitrogens with one attached hydrogen (secondary N) is 1. The number of benzene rings is 1. The minimum Gasteiger partial charge on any atom is -0.317 e. The molecule has 0 radical (unpaired) electrons. The number of piperidine rings is 1. The first-order valence-corrected chi connectivity index (χ1v) is 8.41. The Morgan fingerprint density at radius 3 is 2.70 bits per heavy atom. The van der Waals surface area contributed by atoms with Gasteiger partial charge in [0.15, 0.2) is 0 Å². The van der Waals surface area contributed by atoms with Crippen LogP contribution in [0.3, 0.4) is 0 Å². The maximum Gasteiger partial charge on any atom is 0.251 e. The van der Waals surface area contributed by atoms with E-state index < -0.39 is 15.8 Å². The smallest absolute Gasteiger partial charge is 0.251 e. The lowest BCUT2D eigenvalue weighted by Gasteiger charge is -2.21. The molecule has 2 aromatic rings. The van der Waals surface area contributed by atoms with Crippen molar-refractivity contribution in [3.63, 3.8) is 0 Å². The summed E-state index contributed by atoms with van der Waals surface area (Å²) in [7, 11) is -3.54. The average Bonchev–Trinajstić information content (AvgIpc) is 2.78. The number of hydrogen-bond acceptors (Lipinski definition) is 4. The normalized spacial score (nSPS) is 17.7. The third-order valence-corrected chi connectivity index (χ3v) is 4.59. The molecule has 1 aromatic heterocycles. The van der Waals surface area contributed by atoms with E-state index in [0.29, 0.717) is 5.52 Å². The van der Waals surface area contributed by atoms with Crippen molar-refractivity contribution in [3.8, 4) is 0 Å². The molecule has 1 saturated heterocycles. The molecule has 5 nitrogen and oxygen atoms in total. The zero-order chi connectivity index (χ0) is 14.3. The third-order valence-electron chi connectivity index (χ3n) is 3.68. The van der Waals surface area contributed by atoms with E-state index in [9.17, 15) is 12.8 Å². The molecule has 108 valence electrons. The average molecular weight is 297 g/mol. The molecule has 20 heavy (non-hydrogen) atoms. The SMILES string of the molecule is CS(=O)(=O)n1nc(C2CCNCC2)c2ccc(F)cc21. The van der Waals surface area contributed by atoms with Crippen LogP contribution < -0.4 is 5.32 Å². The van der Waals surface area contributed by atoms with E-state index in [2.05, 4.69) is 10.4 Å². The summed E-state index contributed by atoms with van der Waals surface area (Å²) in [6, 6.07) is 4.20. The highest BCUT2D eigenvalue weighted by atomic mass is 32.2. The zero-order valence-corrected chi connectivity index (χ0v) is 12.0. The maximum atomic E-state index is 13.4. The van der Waals surface area contributed by atoms with E-state index in [-0.39, 0.29) is 5.92 Å². The summed E-state index contributed by atoms with van der Waals surface area (Å²) in [5, 5.41) is 8.25. The van der Waals surface area contributed by atoms with Gasteiger partial charge in [-0.3, -0.25) is 0 Å². The Bertz CT molecular complexity index is 748. The summed E-state index contributed by atoms with van der Waals surface area (Å²) in [4.78, 5) is 0. The quantitative estimate of drug-likeness (QED) is 0.911. The van der Waals surface area contributed by atoms with Gasteiger partial charge in [-0.25, -0.2) is 12.8 Å². The van der Waals surface area contributed by atoms with Gasteiger partial charge in [0.05, 0.1) is 17.5 Å². The highest BCUT2D eigenvalue weighted by Gasteiger charge is 2.24.